The van der Waals surface area contributed by atoms with Crippen molar-refractivity contribution in [3.8, 4) is 0 Å². The van der Waals surface area contributed by atoms with Gasteiger partial charge in [-0.2, -0.15) is 0 Å². The summed E-state index contributed by atoms with van der Waals surface area (Å²) in [6.45, 7) is 8.16. The Morgan fingerprint density at radius 3 is 2.28 bits per heavy atom. The van der Waals surface area contributed by atoms with Gasteiger partial charge in [0.2, 0.25) is 5.91 Å². The summed E-state index contributed by atoms with van der Waals surface area (Å²) in [7, 11) is 2.11. The third-order valence-electron chi connectivity index (χ3n) is 5.35. The standard InChI is InChI=1S/C20H33N3O2/c1-4-16(5-2)18(24)15-21-20(25)19(17-9-7-6-8-10-17)23-13-11-22(3)12-14-23/h6-10,16,18-19,24H,4-5,11-15H2,1-3H3,(H,21,25). The van der Waals surface area contributed by atoms with E-state index in [1.807, 2.05) is 30.3 Å². The first-order valence-electron chi connectivity index (χ1n) is 9.50. The van der Waals surface area contributed by atoms with E-state index in [0.29, 0.717) is 6.54 Å². The molecule has 2 atom stereocenters. The van der Waals surface area contributed by atoms with Gasteiger partial charge in [0.05, 0.1) is 6.10 Å². The molecule has 25 heavy (non-hydrogen) atoms. The quantitative estimate of drug-likeness (QED) is 0.754. The number of likely N-dealkylation sites (N-methyl/N-ethyl adjacent to an activating group) is 1. The predicted octanol–water partition coefficient (Wildman–Crippen LogP) is 1.89. The molecule has 0 spiro atoms. The molecule has 1 fully saturated rings. The van der Waals surface area contributed by atoms with Crippen molar-refractivity contribution in [1.29, 1.82) is 0 Å². The van der Waals surface area contributed by atoms with E-state index >= 15 is 0 Å². The molecule has 5 nitrogen and oxygen atoms in total. The number of carbonyl (C=O) groups is 1. The second-order valence-corrected chi connectivity index (χ2v) is 7.04. The molecule has 1 aromatic carbocycles. The van der Waals surface area contributed by atoms with E-state index in [1.165, 1.54) is 0 Å². The van der Waals surface area contributed by atoms with E-state index in [9.17, 15) is 9.90 Å². The molecule has 2 N–H and O–H groups in total. The molecular weight excluding hydrogens is 314 g/mol. The maximum Gasteiger partial charge on any atom is 0.242 e. The van der Waals surface area contributed by atoms with Crippen molar-refractivity contribution < 1.29 is 9.90 Å². The Hall–Kier alpha value is -1.43. The van der Waals surface area contributed by atoms with Crippen LogP contribution in [0.25, 0.3) is 0 Å². The zero-order chi connectivity index (χ0) is 18.2. The van der Waals surface area contributed by atoms with Gasteiger partial charge in [-0.3, -0.25) is 9.69 Å². The maximum absolute atomic E-state index is 13.0. The minimum atomic E-state index is -0.483. The molecule has 2 unspecified atom stereocenters. The highest BCUT2D eigenvalue weighted by Gasteiger charge is 2.30. The molecule has 140 valence electrons. The van der Waals surface area contributed by atoms with Gasteiger partial charge in [0.15, 0.2) is 0 Å². The molecule has 1 amide bonds. The average Bonchev–Trinajstić information content (AvgIpc) is 2.64. The fourth-order valence-corrected chi connectivity index (χ4v) is 3.54. The van der Waals surface area contributed by atoms with Gasteiger partial charge in [0.25, 0.3) is 0 Å². The Morgan fingerprint density at radius 2 is 1.72 bits per heavy atom. The molecule has 1 saturated heterocycles. The zero-order valence-corrected chi connectivity index (χ0v) is 15.8. The molecule has 1 heterocycles. The SMILES string of the molecule is CCC(CC)C(O)CNC(=O)C(c1ccccc1)N1CCN(C)CC1. The van der Waals surface area contributed by atoms with Gasteiger partial charge in [-0.25, -0.2) is 0 Å². The van der Waals surface area contributed by atoms with Crippen LogP contribution in [-0.4, -0.2) is 66.7 Å². The first kappa shape index (κ1) is 19.9. The second kappa shape index (κ2) is 9.90. The third kappa shape index (κ3) is 5.53. The van der Waals surface area contributed by atoms with Crippen LogP contribution in [0, 0.1) is 5.92 Å². The normalized spacial score (nSPS) is 18.9. The lowest BCUT2D eigenvalue weighted by Crippen LogP contribution is -2.50. The molecule has 0 aromatic heterocycles. The van der Waals surface area contributed by atoms with Crippen molar-refractivity contribution >= 4 is 5.91 Å². The van der Waals surface area contributed by atoms with E-state index in [0.717, 1.165) is 44.6 Å². The van der Waals surface area contributed by atoms with Gasteiger partial charge < -0.3 is 15.3 Å². The van der Waals surface area contributed by atoms with Crippen molar-refractivity contribution in [2.45, 2.75) is 38.8 Å². The summed E-state index contributed by atoms with van der Waals surface area (Å²) in [5.41, 5.74) is 1.02. The summed E-state index contributed by atoms with van der Waals surface area (Å²) in [6, 6.07) is 9.66. The summed E-state index contributed by atoms with van der Waals surface area (Å²) in [4.78, 5) is 17.5. The molecule has 0 aliphatic carbocycles. The number of piperazine rings is 1. The zero-order valence-electron chi connectivity index (χ0n) is 15.8. The van der Waals surface area contributed by atoms with Crippen LogP contribution in [0.1, 0.15) is 38.3 Å². The van der Waals surface area contributed by atoms with Gasteiger partial charge in [-0.15, -0.1) is 0 Å². The maximum atomic E-state index is 13.0. The number of aliphatic hydroxyl groups is 1. The Kier molecular flexibility index (Phi) is 7.88. The summed E-state index contributed by atoms with van der Waals surface area (Å²) >= 11 is 0. The van der Waals surface area contributed by atoms with Crippen molar-refractivity contribution in [2.75, 3.05) is 39.8 Å². The van der Waals surface area contributed by atoms with Crippen LogP contribution >= 0.6 is 0 Å². The molecule has 2 rings (SSSR count). The summed E-state index contributed by atoms with van der Waals surface area (Å²) in [5.74, 6) is 0.222. The van der Waals surface area contributed by atoms with Crippen LogP contribution < -0.4 is 5.32 Å². The molecule has 1 aliphatic heterocycles. The van der Waals surface area contributed by atoms with E-state index in [1.54, 1.807) is 0 Å². The lowest BCUT2D eigenvalue weighted by molar-refractivity contribution is -0.128. The molecule has 5 heteroatoms. The van der Waals surface area contributed by atoms with Gasteiger partial charge >= 0.3 is 0 Å². The number of rotatable bonds is 8. The number of hydrogen-bond acceptors (Lipinski definition) is 4. The van der Waals surface area contributed by atoms with Crippen molar-refractivity contribution in [3.63, 3.8) is 0 Å². The highest BCUT2D eigenvalue weighted by Crippen LogP contribution is 2.22. The number of nitrogens with one attached hydrogen (secondary N) is 1. The van der Waals surface area contributed by atoms with Crippen LogP contribution in [0.5, 0.6) is 0 Å². The summed E-state index contributed by atoms with van der Waals surface area (Å²) in [5, 5.41) is 13.3. The van der Waals surface area contributed by atoms with E-state index in [4.69, 9.17) is 0 Å². The van der Waals surface area contributed by atoms with Crippen LogP contribution in [0.3, 0.4) is 0 Å². The van der Waals surface area contributed by atoms with Crippen LogP contribution in [0.15, 0.2) is 30.3 Å². The van der Waals surface area contributed by atoms with Crippen molar-refractivity contribution in [2.24, 2.45) is 5.92 Å². The van der Waals surface area contributed by atoms with Gasteiger partial charge in [-0.1, -0.05) is 57.0 Å². The number of nitrogens with zero attached hydrogens (tertiary/aromatic N) is 2. The van der Waals surface area contributed by atoms with Crippen LogP contribution in [-0.2, 0) is 4.79 Å². The number of aliphatic hydroxyl groups excluding tert-OH is 1. The first-order chi connectivity index (χ1) is 12.1. The Balaban J connectivity index is 2.06. The number of carbonyl (C=O) groups excluding carboxylic acids is 1. The lowest BCUT2D eigenvalue weighted by atomic mass is 9.96. The Labute approximate surface area is 152 Å². The summed E-state index contributed by atoms with van der Waals surface area (Å²) in [6.07, 6.45) is 1.37. The lowest BCUT2D eigenvalue weighted by Gasteiger charge is -2.37. The van der Waals surface area contributed by atoms with E-state index in [2.05, 4.69) is 36.0 Å². The fourth-order valence-electron chi connectivity index (χ4n) is 3.54. The van der Waals surface area contributed by atoms with E-state index < -0.39 is 6.10 Å². The molecule has 0 saturated carbocycles. The van der Waals surface area contributed by atoms with Gasteiger partial charge in [0.1, 0.15) is 6.04 Å². The monoisotopic (exact) mass is 347 g/mol. The minimum Gasteiger partial charge on any atom is -0.391 e. The first-order valence-corrected chi connectivity index (χ1v) is 9.50. The smallest absolute Gasteiger partial charge is 0.242 e. The third-order valence-corrected chi connectivity index (χ3v) is 5.35. The van der Waals surface area contributed by atoms with Crippen molar-refractivity contribution in [1.82, 2.24) is 15.1 Å². The van der Waals surface area contributed by atoms with Gasteiger partial charge in [0, 0.05) is 32.7 Å². The summed E-state index contributed by atoms with van der Waals surface area (Å²) < 4.78 is 0. The van der Waals surface area contributed by atoms with Crippen LogP contribution in [0.2, 0.25) is 0 Å². The topological polar surface area (TPSA) is 55.8 Å². The molecular formula is C20H33N3O2. The van der Waals surface area contributed by atoms with E-state index in [-0.39, 0.29) is 17.9 Å². The van der Waals surface area contributed by atoms with Crippen LogP contribution in [0.4, 0.5) is 0 Å². The molecule has 1 aromatic rings. The Morgan fingerprint density at radius 1 is 1.12 bits per heavy atom. The Bertz CT molecular complexity index is 511. The minimum absolute atomic E-state index is 0.0132. The highest BCUT2D eigenvalue weighted by molar-refractivity contribution is 5.83. The molecule has 1 aliphatic rings. The molecule has 0 bridgehead atoms. The average molecular weight is 348 g/mol. The molecule has 0 radical (unpaired) electrons. The van der Waals surface area contributed by atoms with Crippen molar-refractivity contribution in [3.05, 3.63) is 35.9 Å². The predicted molar refractivity (Wildman–Crippen MR) is 101 cm³/mol. The highest BCUT2D eigenvalue weighted by atomic mass is 16.3. The fraction of sp³-hybridized carbons (Fsp3) is 0.650. The largest absolute Gasteiger partial charge is 0.391 e. The number of hydrogen-bond donors (Lipinski definition) is 2. The number of amides is 1. The van der Waals surface area contributed by atoms with Gasteiger partial charge in [-0.05, 0) is 18.5 Å². The second-order valence-electron chi connectivity index (χ2n) is 7.04. The number of benzene rings is 1.